The highest BCUT2D eigenvalue weighted by Crippen LogP contribution is 2.56. The Morgan fingerprint density at radius 2 is 1.60 bits per heavy atom. The predicted molar refractivity (Wildman–Crippen MR) is 87.1 cm³/mol. The van der Waals surface area contributed by atoms with Gasteiger partial charge in [0.1, 0.15) is 0 Å². The van der Waals surface area contributed by atoms with Crippen molar-refractivity contribution in [2.24, 2.45) is 5.92 Å². The van der Waals surface area contributed by atoms with E-state index in [0.717, 1.165) is 51.4 Å². The molecule has 0 fully saturated rings. The normalized spacial score (nSPS) is 16.9. The van der Waals surface area contributed by atoms with Gasteiger partial charge in [-0.2, -0.15) is 0 Å². The van der Waals surface area contributed by atoms with E-state index in [2.05, 4.69) is 20.8 Å². The first kappa shape index (κ1) is 20.1. The highest BCUT2D eigenvalue weighted by molar-refractivity contribution is 7.53. The Bertz CT molecular complexity index is 287. The van der Waals surface area contributed by atoms with Gasteiger partial charge in [0.05, 0.1) is 5.16 Å². The second kappa shape index (κ2) is 9.97. The highest BCUT2D eigenvalue weighted by atomic mass is 31.2. The van der Waals surface area contributed by atoms with Gasteiger partial charge in [-0.15, -0.1) is 0 Å². The van der Waals surface area contributed by atoms with Crippen molar-refractivity contribution in [2.75, 3.05) is 0 Å². The summed E-state index contributed by atoms with van der Waals surface area (Å²) in [6.45, 7) is 8.26. The molecule has 0 rings (SSSR count). The Labute approximate surface area is 125 Å². The minimum atomic E-state index is -4.04. The van der Waals surface area contributed by atoms with Crippen LogP contribution in [0.2, 0.25) is 0 Å². The van der Waals surface area contributed by atoms with Crippen LogP contribution in [0.1, 0.15) is 91.9 Å². The van der Waals surface area contributed by atoms with Gasteiger partial charge in [0.2, 0.25) is 0 Å². The van der Waals surface area contributed by atoms with Crippen LogP contribution in [0.3, 0.4) is 0 Å². The first-order chi connectivity index (χ1) is 9.30. The van der Waals surface area contributed by atoms with Crippen molar-refractivity contribution in [3.63, 3.8) is 0 Å². The summed E-state index contributed by atoms with van der Waals surface area (Å²) in [7, 11) is -4.04. The van der Waals surface area contributed by atoms with Crippen LogP contribution in [-0.2, 0) is 4.57 Å². The highest BCUT2D eigenvalue weighted by Gasteiger charge is 2.42. The van der Waals surface area contributed by atoms with Crippen molar-refractivity contribution in [3.05, 3.63) is 0 Å². The van der Waals surface area contributed by atoms with Crippen molar-refractivity contribution < 1.29 is 14.4 Å². The molecule has 0 bridgehead atoms. The van der Waals surface area contributed by atoms with Gasteiger partial charge in [-0.25, -0.2) is 0 Å². The lowest BCUT2D eigenvalue weighted by molar-refractivity contribution is 0.276. The van der Waals surface area contributed by atoms with E-state index in [0.29, 0.717) is 18.8 Å². The Hall–Kier alpha value is 0.150. The second-order valence-corrected chi connectivity index (χ2v) is 8.64. The zero-order valence-corrected chi connectivity index (χ0v) is 14.8. The van der Waals surface area contributed by atoms with E-state index in [9.17, 15) is 14.4 Å². The van der Waals surface area contributed by atoms with Crippen LogP contribution in [0.25, 0.3) is 0 Å². The molecule has 0 saturated heterocycles. The topological polar surface area (TPSA) is 57.5 Å². The average molecular weight is 306 g/mol. The van der Waals surface area contributed by atoms with Crippen molar-refractivity contribution in [3.8, 4) is 0 Å². The predicted octanol–water partition coefficient (Wildman–Crippen LogP) is 5.50. The Morgan fingerprint density at radius 1 is 1.00 bits per heavy atom. The fourth-order valence-corrected chi connectivity index (χ4v) is 3.81. The molecule has 3 nitrogen and oxygen atoms in total. The summed E-state index contributed by atoms with van der Waals surface area (Å²) in [5.41, 5.74) is 0. The van der Waals surface area contributed by atoms with E-state index in [-0.39, 0.29) is 0 Å². The molecule has 0 aliphatic carbocycles. The van der Waals surface area contributed by atoms with Crippen molar-refractivity contribution in [2.45, 2.75) is 97.1 Å². The summed E-state index contributed by atoms with van der Waals surface area (Å²) >= 11 is 0. The van der Waals surface area contributed by atoms with E-state index < -0.39 is 12.8 Å². The minimum Gasteiger partial charge on any atom is -0.324 e. The molecule has 0 aliphatic rings. The maximum Gasteiger partial charge on any atom is 0.331 e. The standard InChI is InChI=1S/C16H35O3P/c1-5-8-10-11-13-16(4,20(17,18)19)14-15(7-3)12-9-6-2/h15H,5-14H2,1-4H3,(H2,17,18,19). The number of unbranched alkanes of at least 4 members (excludes halogenated alkanes) is 4. The van der Waals surface area contributed by atoms with Gasteiger partial charge in [0.15, 0.2) is 0 Å². The van der Waals surface area contributed by atoms with Crippen molar-refractivity contribution >= 4 is 7.60 Å². The van der Waals surface area contributed by atoms with Gasteiger partial charge in [0.25, 0.3) is 0 Å². The summed E-state index contributed by atoms with van der Waals surface area (Å²) in [5.74, 6) is 0.443. The van der Waals surface area contributed by atoms with Gasteiger partial charge in [-0.1, -0.05) is 72.1 Å². The van der Waals surface area contributed by atoms with Crippen molar-refractivity contribution in [1.82, 2.24) is 0 Å². The smallest absolute Gasteiger partial charge is 0.324 e. The van der Waals surface area contributed by atoms with E-state index >= 15 is 0 Å². The van der Waals surface area contributed by atoms with Crippen LogP contribution in [0.5, 0.6) is 0 Å². The van der Waals surface area contributed by atoms with Gasteiger partial charge in [-0.3, -0.25) is 4.57 Å². The molecular formula is C16H35O3P. The fraction of sp³-hybridized carbons (Fsp3) is 1.00. The molecule has 4 heteroatoms. The molecule has 0 aliphatic heterocycles. The molecule has 0 aromatic rings. The maximum atomic E-state index is 11.9. The van der Waals surface area contributed by atoms with Crippen LogP contribution in [-0.4, -0.2) is 14.9 Å². The van der Waals surface area contributed by atoms with Gasteiger partial charge < -0.3 is 9.79 Å². The molecule has 0 heterocycles. The molecule has 0 aromatic heterocycles. The van der Waals surface area contributed by atoms with Crippen LogP contribution in [0, 0.1) is 5.92 Å². The van der Waals surface area contributed by atoms with Gasteiger partial charge >= 0.3 is 7.60 Å². The van der Waals surface area contributed by atoms with Gasteiger partial charge in [-0.05, 0) is 25.7 Å². The summed E-state index contributed by atoms with van der Waals surface area (Å²) in [4.78, 5) is 19.5. The molecular weight excluding hydrogens is 271 g/mol. The lowest BCUT2D eigenvalue weighted by atomic mass is 9.86. The van der Waals surface area contributed by atoms with Crippen LogP contribution in [0.4, 0.5) is 0 Å². The number of hydrogen-bond acceptors (Lipinski definition) is 1. The third-order valence-corrected chi connectivity index (χ3v) is 6.36. The molecule has 0 aromatic carbocycles. The summed E-state index contributed by atoms with van der Waals surface area (Å²) in [6.07, 6.45) is 10.1. The summed E-state index contributed by atoms with van der Waals surface area (Å²) in [5, 5.41) is -0.824. The zero-order valence-electron chi connectivity index (χ0n) is 13.9. The van der Waals surface area contributed by atoms with E-state index in [4.69, 9.17) is 0 Å². The lowest BCUT2D eigenvalue weighted by Crippen LogP contribution is -2.28. The van der Waals surface area contributed by atoms with E-state index in [1.807, 2.05) is 0 Å². The monoisotopic (exact) mass is 306 g/mol. The Kier molecular flexibility index (Phi) is 10.0. The number of rotatable bonds is 12. The second-order valence-electron chi connectivity index (χ2n) is 6.47. The largest absolute Gasteiger partial charge is 0.331 e. The zero-order chi connectivity index (χ0) is 15.6. The molecule has 0 saturated carbocycles. The molecule has 20 heavy (non-hydrogen) atoms. The minimum absolute atomic E-state index is 0.443. The third kappa shape index (κ3) is 7.24. The van der Waals surface area contributed by atoms with Crippen LogP contribution < -0.4 is 0 Å². The third-order valence-electron chi connectivity index (χ3n) is 4.54. The van der Waals surface area contributed by atoms with Gasteiger partial charge in [0, 0.05) is 0 Å². The maximum absolute atomic E-state index is 11.9. The van der Waals surface area contributed by atoms with Crippen molar-refractivity contribution in [1.29, 1.82) is 0 Å². The Balaban J connectivity index is 4.64. The summed E-state index contributed by atoms with van der Waals surface area (Å²) < 4.78 is 11.9. The molecule has 0 amide bonds. The van der Waals surface area contributed by atoms with E-state index in [1.165, 1.54) is 0 Å². The lowest BCUT2D eigenvalue weighted by Gasteiger charge is -2.34. The fourth-order valence-electron chi connectivity index (χ4n) is 2.86. The average Bonchev–Trinajstić information content (AvgIpc) is 2.38. The Morgan fingerprint density at radius 3 is 2.05 bits per heavy atom. The molecule has 122 valence electrons. The SMILES string of the molecule is CCCCCCC(C)(CC(CC)CCCC)P(=O)(O)O. The molecule has 2 unspecified atom stereocenters. The first-order valence-electron chi connectivity index (χ1n) is 8.36. The van der Waals surface area contributed by atoms with Crippen LogP contribution >= 0.6 is 7.60 Å². The van der Waals surface area contributed by atoms with E-state index in [1.54, 1.807) is 6.92 Å². The molecule has 2 atom stereocenters. The quantitative estimate of drug-likeness (QED) is 0.370. The summed E-state index contributed by atoms with van der Waals surface area (Å²) in [6, 6.07) is 0. The molecule has 0 spiro atoms. The number of hydrogen-bond donors (Lipinski definition) is 2. The molecule has 2 N–H and O–H groups in total. The van der Waals surface area contributed by atoms with Crippen LogP contribution in [0.15, 0.2) is 0 Å². The molecule has 0 radical (unpaired) electrons. The first-order valence-corrected chi connectivity index (χ1v) is 9.97.